The Bertz CT molecular complexity index is 947. The number of aryl methyl sites for hydroxylation is 1. The van der Waals surface area contributed by atoms with Gasteiger partial charge in [-0.25, -0.2) is 0 Å². The summed E-state index contributed by atoms with van der Waals surface area (Å²) in [6, 6.07) is 11.0. The average molecular weight is 455 g/mol. The number of carbonyl (C=O) groups excluding carboxylic acids is 1. The maximum absolute atomic E-state index is 11.9. The Morgan fingerprint density at radius 1 is 0.938 bits per heavy atom. The molecule has 0 saturated carbocycles. The van der Waals surface area contributed by atoms with E-state index in [1.165, 1.54) is 16.7 Å². The molecular formula is C29H43O2P. The lowest BCUT2D eigenvalue weighted by molar-refractivity contribution is 0.112. The highest BCUT2D eigenvalue weighted by molar-refractivity contribution is 7.48. The molecule has 0 N–H and O–H groups in total. The molecule has 0 radical (unpaired) electrons. The number of ether oxygens (including phenoxy) is 1. The second kappa shape index (κ2) is 10.1. The summed E-state index contributed by atoms with van der Waals surface area (Å²) in [5.74, 6) is 1.01. The van der Waals surface area contributed by atoms with Crippen LogP contribution in [0.25, 0.3) is 0 Å². The van der Waals surface area contributed by atoms with E-state index in [1.54, 1.807) is 7.11 Å². The van der Waals surface area contributed by atoms with Gasteiger partial charge in [0.25, 0.3) is 0 Å². The minimum absolute atomic E-state index is 0.0338. The van der Waals surface area contributed by atoms with Gasteiger partial charge in [0.2, 0.25) is 0 Å². The molecule has 2 aromatic rings. The number of methoxy groups -OCH3 is 1. The Hall–Kier alpha value is -1.66. The molecule has 0 saturated heterocycles. The van der Waals surface area contributed by atoms with E-state index in [2.05, 4.69) is 79.7 Å². The predicted molar refractivity (Wildman–Crippen MR) is 142 cm³/mol. The zero-order valence-electron chi connectivity index (χ0n) is 21.9. The molecule has 32 heavy (non-hydrogen) atoms. The molecule has 2 aromatic carbocycles. The fourth-order valence-electron chi connectivity index (χ4n) is 4.23. The van der Waals surface area contributed by atoms with Crippen molar-refractivity contribution in [3.05, 3.63) is 58.1 Å². The van der Waals surface area contributed by atoms with Crippen molar-refractivity contribution in [3.8, 4) is 5.75 Å². The van der Waals surface area contributed by atoms with Crippen LogP contribution in [0.4, 0.5) is 0 Å². The number of aldehydes is 1. The fraction of sp³-hybridized carbons (Fsp3) is 0.552. The van der Waals surface area contributed by atoms with Gasteiger partial charge in [-0.3, -0.25) is 4.79 Å². The molecule has 2 nitrogen and oxygen atoms in total. The normalized spacial score (nSPS) is 14.6. The molecule has 0 aliphatic carbocycles. The van der Waals surface area contributed by atoms with Crippen molar-refractivity contribution in [2.45, 2.75) is 97.6 Å². The summed E-state index contributed by atoms with van der Waals surface area (Å²) in [5, 5.41) is 1.03. The van der Waals surface area contributed by atoms with E-state index >= 15 is 0 Å². The van der Waals surface area contributed by atoms with Gasteiger partial charge in [-0.05, 0) is 41.1 Å². The summed E-state index contributed by atoms with van der Waals surface area (Å²) < 4.78 is 6.15. The molecule has 0 amide bonds. The molecule has 0 heterocycles. The van der Waals surface area contributed by atoms with E-state index in [1.807, 2.05) is 13.0 Å². The van der Waals surface area contributed by atoms with Gasteiger partial charge >= 0.3 is 0 Å². The summed E-state index contributed by atoms with van der Waals surface area (Å²) >= 11 is 0. The third kappa shape index (κ3) is 6.02. The maximum atomic E-state index is 11.9. The van der Waals surface area contributed by atoms with Crippen molar-refractivity contribution in [2.75, 3.05) is 7.11 Å². The van der Waals surface area contributed by atoms with E-state index in [4.69, 9.17) is 4.74 Å². The number of benzene rings is 2. The molecule has 2 rings (SSSR count). The molecule has 0 spiro atoms. The first-order valence-corrected chi connectivity index (χ1v) is 12.8. The SMILES string of the molecule is CCCCC(C)(Pc1ccc(C)cc1C=O)c1cc(C(C)(C)C)cc(C(C)(C)C)c1OC. The third-order valence-electron chi connectivity index (χ3n) is 6.34. The number of hydrogen-bond acceptors (Lipinski definition) is 2. The van der Waals surface area contributed by atoms with Crippen molar-refractivity contribution in [1.29, 1.82) is 0 Å². The Morgan fingerprint density at radius 2 is 1.56 bits per heavy atom. The number of carbonyl (C=O) groups is 1. The smallest absolute Gasteiger partial charge is 0.150 e. The molecule has 0 aliphatic rings. The molecule has 0 aliphatic heterocycles. The van der Waals surface area contributed by atoms with Crippen LogP contribution in [0.1, 0.15) is 107 Å². The first kappa shape index (κ1) is 26.6. The van der Waals surface area contributed by atoms with Gasteiger partial charge in [0, 0.05) is 21.8 Å². The van der Waals surface area contributed by atoms with Crippen LogP contribution in [0.15, 0.2) is 30.3 Å². The van der Waals surface area contributed by atoms with E-state index in [0.717, 1.165) is 47.7 Å². The van der Waals surface area contributed by atoms with Gasteiger partial charge in [-0.1, -0.05) is 107 Å². The summed E-state index contributed by atoms with van der Waals surface area (Å²) in [7, 11) is 2.29. The van der Waals surface area contributed by atoms with Crippen LogP contribution in [-0.2, 0) is 16.0 Å². The minimum atomic E-state index is -0.115. The molecule has 176 valence electrons. The number of unbranched alkanes of at least 4 members (excludes halogenated alkanes) is 1. The van der Waals surface area contributed by atoms with E-state index in [0.29, 0.717) is 8.58 Å². The standard InChI is InChI=1S/C29H43O2P/c1-11-12-15-29(9,32-25-14-13-20(2)16-21(25)19-30)24-18-22(27(3,4)5)17-23(26(24)31-10)28(6,7)8/h13-14,16-19,32H,11-12,15H2,1-10H3. The Labute approximate surface area is 198 Å². The molecule has 0 bridgehead atoms. The van der Waals surface area contributed by atoms with Gasteiger partial charge in [0.1, 0.15) is 5.75 Å². The zero-order valence-corrected chi connectivity index (χ0v) is 22.9. The van der Waals surface area contributed by atoms with Crippen LogP contribution in [0, 0.1) is 6.92 Å². The fourth-order valence-corrected chi connectivity index (χ4v) is 5.89. The lowest BCUT2D eigenvalue weighted by atomic mass is 9.76. The van der Waals surface area contributed by atoms with Crippen molar-refractivity contribution < 1.29 is 9.53 Å². The van der Waals surface area contributed by atoms with E-state index < -0.39 is 0 Å². The van der Waals surface area contributed by atoms with Gasteiger partial charge in [0.15, 0.2) is 6.29 Å². The molecule has 3 heteroatoms. The number of rotatable bonds is 8. The monoisotopic (exact) mass is 454 g/mol. The Kier molecular flexibility index (Phi) is 8.38. The van der Waals surface area contributed by atoms with Crippen molar-refractivity contribution in [2.24, 2.45) is 0 Å². The topological polar surface area (TPSA) is 26.3 Å². The van der Waals surface area contributed by atoms with Gasteiger partial charge in [-0.2, -0.15) is 0 Å². The van der Waals surface area contributed by atoms with Crippen LogP contribution >= 0.6 is 8.58 Å². The summed E-state index contributed by atoms with van der Waals surface area (Å²) in [6.45, 7) is 20.3. The summed E-state index contributed by atoms with van der Waals surface area (Å²) in [4.78, 5) is 11.9. The third-order valence-corrected chi connectivity index (χ3v) is 8.13. The average Bonchev–Trinajstić information content (AvgIpc) is 2.71. The minimum Gasteiger partial charge on any atom is -0.496 e. The maximum Gasteiger partial charge on any atom is 0.150 e. The van der Waals surface area contributed by atoms with Crippen LogP contribution in [0.3, 0.4) is 0 Å². The van der Waals surface area contributed by atoms with E-state index in [-0.39, 0.29) is 16.0 Å². The van der Waals surface area contributed by atoms with Crippen LogP contribution in [0.2, 0.25) is 0 Å². The van der Waals surface area contributed by atoms with Crippen LogP contribution < -0.4 is 10.0 Å². The first-order chi connectivity index (χ1) is 14.8. The Balaban J connectivity index is 2.82. The molecule has 2 unspecified atom stereocenters. The largest absolute Gasteiger partial charge is 0.496 e. The second-order valence-electron chi connectivity index (χ2n) is 11.4. The quantitative estimate of drug-likeness (QED) is 0.300. The highest BCUT2D eigenvalue weighted by Crippen LogP contribution is 2.52. The molecular weight excluding hydrogens is 411 g/mol. The van der Waals surface area contributed by atoms with Gasteiger partial charge in [0.05, 0.1) is 7.11 Å². The van der Waals surface area contributed by atoms with Gasteiger partial charge < -0.3 is 4.74 Å². The summed E-state index contributed by atoms with van der Waals surface area (Å²) in [5.41, 5.74) is 5.81. The highest BCUT2D eigenvalue weighted by atomic mass is 31.1. The molecule has 2 atom stereocenters. The first-order valence-electron chi connectivity index (χ1n) is 11.8. The molecule has 0 aromatic heterocycles. The number of hydrogen-bond donors (Lipinski definition) is 0. The van der Waals surface area contributed by atoms with E-state index in [9.17, 15) is 4.79 Å². The molecule has 0 fully saturated rings. The summed E-state index contributed by atoms with van der Waals surface area (Å²) in [6.07, 6.45) is 4.35. The van der Waals surface area contributed by atoms with Crippen molar-refractivity contribution in [1.82, 2.24) is 0 Å². The zero-order chi connectivity index (χ0) is 24.3. The van der Waals surface area contributed by atoms with Crippen LogP contribution in [-0.4, -0.2) is 13.4 Å². The Morgan fingerprint density at radius 3 is 2.06 bits per heavy atom. The highest BCUT2D eigenvalue weighted by Gasteiger charge is 2.35. The predicted octanol–water partition coefficient (Wildman–Crippen LogP) is 7.82. The van der Waals surface area contributed by atoms with Crippen molar-refractivity contribution in [3.63, 3.8) is 0 Å². The van der Waals surface area contributed by atoms with Gasteiger partial charge in [-0.15, -0.1) is 0 Å². The van der Waals surface area contributed by atoms with Crippen LogP contribution in [0.5, 0.6) is 5.75 Å². The lowest BCUT2D eigenvalue weighted by Gasteiger charge is -2.37. The lowest BCUT2D eigenvalue weighted by Crippen LogP contribution is -2.26. The van der Waals surface area contributed by atoms with Crippen molar-refractivity contribution >= 4 is 20.2 Å². The second-order valence-corrected chi connectivity index (χ2v) is 13.3.